The van der Waals surface area contributed by atoms with E-state index >= 15 is 0 Å². The molecule has 1 aliphatic heterocycles. The van der Waals surface area contributed by atoms with Gasteiger partial charge in [0.1, 0.15) is 28.5 Å². The van der Waals surface area contributed by atoms with E-state index in [2.05, 4.69) is 4.98 Å². The fraction of sp³-hybridized carbons (Fsp3) is 0.478. The molecule has 0 radical (unpaired) electrons. The number of amides is 1. The van der Waals surface area contributed by atoms with Gasteiger partial charge in [0.2, 0.25) is 0 Å². The number of hydrogen-bond donors (Lipinski definition) is 2. The Morgan fingerprint density at radius 2 is 2.00 bits per heavy atom. The van der Waals surface area contributed by atoms with Gasteiger partial charge >= 0.3 is 6.09 Å². The van der Waals surface area contributed by atoms with E-state index in [-0.39, 0.29) is 23.6 Å². The molecule has 1 aromatic heterocycles. The van der Waals surface area contributed by atoms with Gasteiger partial charge < -0.3 is 25.2 Å². The van der Waals surface area contributed by atoms with Crippen LogP contribution < -0.4 is 10.5 Å². The maximum absolute atomic E-state index is 13.6. The van der Waals surface area contributed by atoms with Crippen LogP contribution in [0.25, 0.3) is 11.3 Å². The fourth-order valence-corrected chi connectivity index (χ4v) is 3.85. The Labute approximate surface area is 192 Å². The largest absolute Gasteiger partial charge is 0.494 e. The molecule has 0 spiro atoms. The zero-order chi connectivity index (χ0) is 23.7. The third kappa shape index (κ3) is 5.31. The number of nitrogens with two attached hydrogens (primary N) is 1. The van der Waals surface area contributed by atoms with Crippen molar-refractivity contribution < 1.29 is 23.8 Å². The lowest BCUT2D eigenvalue weighted by Gasteiger charge is -2.42. The number of likely N-dealkylation sites (tertiary alicyclic amines) is 1. The van der Waals surface area contributed by atoms with Crippen LogP contribution in [0.5, 0.6) is 5.75 Å². The molecule has 174 valence electrons. The Morgan fingerprint density at radius 3 is 2.56 bits per heavy atom. The van der Waals surface area contributed by atoms with E-state index in [1.165, 1.54) is 19.2 Å². The summed E-state index contributed by atoms with van der Waals surface area (Å²) in [4.78, 5) is 18.4. The number of carbonyl (C=O) groups excluding carboxylic acids is 1. The monoisotopic (exact) mass is 465 g/mol. The number of rotatable bonds is 6. The molecule has 2 aromatic rings. The van der Waals surface area contributed by atoms with Crippen molar-refractivity contribution in [1.82, 2.24) is 9.88 Å². The smallest absolute Gasteiger partial charge is 0.410 e. The minimum atomic E-state index is -1.41. The highest BCUT2D eigenvalue weighted by molar-refractivity contribution is 6.31. The molecule has 1 atom stereocenters. The summed E-state index contributed by atoms with van der Waals surface area (Å²) in [5.41, 5.74) is 5.32. The molecular weight excluding hydrogens is 437 g/mol. The minimum absolute atomic E-state index is 0.0393. The molecule has 0 bridgehead atoms. The molecule has 9 heteroatoms. The van der Waals surface area contributed by atoms with Crippen molar-refractivity contribution in [2.24, 2.45) is 11.7 Å². The molecule has 0 saturated carbocycles. The number of nitrogens with zero attached hydrogens (tertiary/aromatic N) is 2. The third-order valence-electron chi connectivity index (χ3n) is 5.32. The van der Waals surface area contributed by atoms with E-state index in [0.717, 1.165) is 0 Å². The molecule has 2 heterocycles. The summed E-state index contributed by atoms with van der Waals surface area (Å²) in [6, 6.07) is 7.59. The summed E-state index contributed by atoms with van der Waals surface area (Å²) < 4.78 is 24.4. The minimum Gasteiger partial charge on any atom is -0.494 e. The van der Waals surface area contributed by atoms with Crippen LogP contribution in [0.1, 0.15) is 32.9 Å². The summed E-state index contributed by atoms with van der Waals surface area (Å²) in [7, 11) is 1.50. The molecule has 32 heavy (non-hydrogen) atoms. The van der Waals surface area contributed by atoms with Crippen LogP contribution in [0, 0.1) is 11.7 Å². The van der Waals surface area contributed by atoms with E-state index in [9.17, 15) is 14.3 Å². The molecule has 1 amide bonds. The van der Waals surface area contributed by atoms with Crippen LogP contribution in [0.2, 0.25) is 5.02 Å². The van der Waals surface area contributed by atoms with Gasteiger partial charge in [-0.2, -0.15) is 0 Å². The summed E-state index contributed by atoms with van der Waals surface area (Å²) in [5.74, 6) is -0.0391. The van der Waals surface area contributed by atoms with Gasteiger partial charge in [-0.05, 0) is 63.4 Å². The molecule has 3 N–H and O–H groups in total. The maximum Gasteiger partial charge on any atom is 0.410 e. The Balaban J connectivity index is 1.79. The lowest BCUT2D eigenvalue weighted by atomic mass is 9.83. The highest BCUT2D eigenvalue weighted by Gasteiger charge is 2.40. The van der Waals surface area contributed by atoms with Gasteiger partial charge in [0.15, 0.2) is 0 Å². The lowest BCUT2D eigenvalue weighted by molar-refractivity contribution is -0.0354. The molecule has 1 fully saturated rings. The summed E-state index contributed by atoms with van der Waals surface area (Å²) in [6.07, 6.45) is -0.0470. The molecule has 3 rings (SSSR count). The van der Waals surface area contributed by atoms with Crippen LogP contribution in [-0.4, -0.2) is 53.4 Å². The molecule has 1 unspecified atom stereocenters. The Kier molecular flexibility index (Phi) is 6.97. The number of halogens is 2. The van der Waals surface area contributed by atoms with E-state index in [0.29, 0.717) is 42.2 Å². The van der Waals surface area contributed by atoms with Crippen molar-refractivity contribution >= 4 is 17.7 Å². The second-order valence-electron chi connectivity index (χ2n) is 9.07. The fourth-order valence-electron chi connectivity index (χ4n) is 3.67. The molecule has 0 aliphatic carbocycles. The lowest BCUT2D eigenvalue weighted by Crippen LogP contribution is -2.54. The summed E-state index contributed by atoms with van der Waals surface area (Å²) >= 11 is 5.94. The summed E-state index contributed by atoms with van der Waals surface area (Å²) in [5, 5.41) is 11.3. The maximum atomic E-state index is 13.6. The van der Waals surface area contributed by atoms with E-state index in [1.807, 2.05) is 20.8 Å². The topological polar surface area (TPSA) is 97.9 Å². The first-order chi connectivity index (χ1) is 15.0. The van der Waals surface area contributed by atoms with Gasteiger partial charge in [-0.25, -0.2) is 14.2 Å². The zero-order valence-corrected chi connectivity index (χ0v) is 19.4. The average Bonchev–Trinajstić information content (AvgIpc) is 2.70. The quantitative estimate of drug-likeness (QED) is 0.670. The number of carbonyl (C=O) groups is 1. The van der Waals surface area contributed by atoms with E-state index in [1.54, 1.807) is 23.1 Å². The van der Waals surface area contributed by atoms with Gasteiger partial charge in [0.05, 0.1) is 17.8 Å². The predicted molar refractivity (Wildman–Crippen MR) is 120 cm³/mol. The number of aromatic nitrogens is 1. The third-order valence-corrected chi connectivity index (χ3v) is 5.61. The van der Waals surface area contributed by atoms with Gasteiger partial charge in [-0.1, -0.05) is 11.6 Å². The number of methoxy groups -OCH3 is 1. The van der Waals surface area contributed by atoms with Crippen molar-refractivity contribution in [1.29, 1.82) is 0 Å². The number of pyridine rings is 1. The Morgan fingerprint density at radius 1 is 1.31 bits per heavy atom. The van der Waals surface area contributed by atoms with Gasteiger partial charge in [0.25, 0.3) is 0 Å². The molecule has 7 nitrogen and oxygen atoms in total. The highest BCUT2D eigenvalue weighted by Crippen LogP contribution is 2.36. The van der Waals surface area contributed by atoms with Crippen LogP contribution in [0.15, 0.2) is 30.3 Å². The van der Waals surface area contributed by atoms with Crippen LogP contribution in [-0.2, 0) is 10.3 Å². The molecule has 1 saturated heterocycles. The van der Waals surface area contributed by atoms with Crippen molar-refractivity contribution in [3.05, 3.63) is 46.9 Å². The van der Waals surface area contributed by atoms with Crippen molar-refractivity contribution in [2.75, 3.05) is 26.7 Å². The molecular formula is C23H29ClFN3O4. The van der Waals surface area contributed by atoms with E-state index in [4.69, 9.17) is 26.8 Å². The second kappa shape index (κ2) is 9.21. The highest BCUT2D eigenvalue weighted by atomic mass is 35.5. The normalized spacial score (nSPS) is 16.3. The van der Waals surface area contributed by atoms with Gasteiger partial charge in [-0.15, -0.1) is 0 Å². The first-order valence-corrected chi connectivity index (χ1v) is 10.7. The van der Waals surface area contributed by atoms with Crippen molar-refractivity contribution in [3.8, 4) is 17.0 Å². The van der Waals surface area contributed by atoms with Gasteiger partial charge in [0, 0.05) is 25.2 Å². The number of hydrogen-bond acceptors (Lipinski definition) is 6. The molecule has 1 aliphatic rings. The van der Waals surface area contributed by atoms with Crippen LogP contribution in [0.3, 0.4) is 0 Å². The SMILES string of the molecule is COc1ccc(C(O)(CN)CC2CN(C(=O)OC(C)(C)C)C2)nc1-c1ccc(F)c(Cl)c1. The summed E-state index contributed by atoms with van der Waals surface area (Å²) in [6.45, 7) is 6.32. The number of ether oxygens (including phenoxy) is 2. The van der Waals surface area contributed by atoms with Crippen LogP contribution >= 0.6 is 11.6 Å². The predicted octanol–water partition coefficient (Wildman–Crippen LogP) is 3.95. The van der Waals surface area contributed by atoms with Crippen molar-refractivity contribution in [2.45, 2.75) is 38.4 Å². The van der Waals surface area contributed by atoms with Crippen LogP contribution in [0.4, 0.5) is 9.18 Å². The number of aliphatic hydroxyl groups is 1. The van der Waals surface area contributed by atoms with Gasteiger partial charge in [-0.3, -0.25) is 0 Å². The standard InChI is InChI=1S/C23H29ClFN3O4/c1-22(2,3)32-21(29)28-11-14(12-28)10-23(30,13-26)19-8-7-18(31-4)20(27-19)15-5-6-17(25)16(24)9-15/h5-9,14,30H,10-13,26H2,1-4H3. The van der Waals surface area contributed by atoms with Crippen molar-refractivity contribution in [3.63, 3.8) is 0 Å². The average molecular weight is 466 g/mol. The zero-order valence-electron chi connectivity index (χ0n) is 18.7. The Bertz CT molecular complexity index is 992. The second-order valence-corrected chi connectivity index (χ2v) is 9.47. The first kappa shape index (κ1) is 24.2. The Hall–Kier alpha value is -2.42. The molecule has 1 aromatic carbocycles. The van der Waals surface area contributed by atoms with E-state index < -0.39 is 17.0 Å². The number of benzene rings is 1. The first-order valence-electron chi connectivity index (χ1n) is 10.4.